The Kier molecular flexibility index (Phi) is 2.37. The van der Waals surface area contributed by atoms with Gasteiger partial charge >= 0.3 is 0 Å². The van der Waals surface area contributed by atoms with Crippen LogP contribution >= 0.6 is 0 Å². The van der Waals surface area contributed by atoms with Gasteiger partial charge in [0.2, 0.25) is 11.0 Å². The summed E-state index contributed by atoms with van der Waals surface area (Å²) >= 11 is 0. The first-order chi connectivity index (χ1) is 8.58. The van der Waals surface area contributed by atoms with Crippen molar-refractivity contribution in [2.75, 3.05) is 0 Å². The summed E-state index contributed by atoms with van der Waals surface area (Å²) in [6.07, 6.45) is 0. The van der Waals surface area contributed by atoms with Gasteiger partial charge in [-0.15, -0.1) is 0 Å². The summed E-state index contributed by atoms with van der Waals surface area (Å²) in [6, 6.07) is 13.4. The zero-order valence-corrected chi connectivity index (χ0v) is 11.4. The van der Waals surface area contributed by atoms with E-state index in [4.69, 9.17) is 0 Å². The van der Waals surface area contributed by atoms with Gasteiger partial charge in [-0.2, -0.15) is 4.57 Å². The molecule has 0 aliphatic carbocycles. The average molecular weight is 236 g/mol. The Bertz CT molecular complexity index is 707. The summed E-state index contributed by atoms with van der Waals surface area (Å²) < 4.78 is 2.30. The molecule has 0 atom stereocenters. The lowest BCUT2D eigenvalue weighted by molar-refractivity contribution is -0.617. The molecule has 3 aromatic rings. The summed E-state index contributed by atoms with van der Waals surface area (Å²) in [7, 11) is 2.16. The molecule has 0 saturated heterocycles. The van der Waals surface area contributed by atoms with E-state index in [9.17, 15) is 0 Å². The van der Waals surface area contributed by atoms with Crippen LogP contribution in [-0.4, -0.2) is 0 Å². The van der Waals surface area contributed by atoms with Crippen molar-refractivity contribution >= 4 is 21.8 Å². The zero-order chi connectivity index (χ0) is 12.9. The van der Waals surface area contributed by atoms with Crippen molar-refractivity contribution in [3.05, 3.63) is 53.1 Å². The highest BCUT2D eigenvalue weighted by atomic mass is 14.9. The molecule has 3 rings (SSSR count). The third-order valence-electron chi connectivity index (χ3n) is 3.84. The molecule has 0 fully saturated rings. The van der Waals surface area contributed by atoms with Crippen LogP contribution in [0.4, 0.5) is 0 Å². The zero-order valence-electron chi connectivity index (χ0n) is 11.4. The fourth-order valence-electron chi connectivity index (χ4n) is 2.75. The monoisotopic (exact) mass is 236 g/mol. The lowest BCUT2D eigenvalue weighted by atomic mass is 10.0. The van der Waals surface area contributed by atoms with E-state index in [1.807, 2.05) is 0 Å². The topological polar surface area (TPSA) is 3.88 Å². The number of pyridine rings is 1. The quantitative estimate of drug-likeness (QED) is 0.413. The second kappa shape index (κ2) is 3.81. The molecule has 1 nitrogen and oxygen atoms in total. The third kappa shape index (κ3) is 1.51. The molecule has 1 aromatic heterocycles. The summed E-state index contributed by atoms with van der Waals surface area (Å²) in [6.45, 7) is 6.51. The predicted molar refractivity (Wildman–Crippen MR) is 76.8 cm³/mol. The highest BCUT2D eigenvalue weighted by molar-refractivity contribution is 5.93. The minimum Gasteiger partial charge on any atom is -0.194 e. The van der Waals surface area contributed by atoms with E-state index < -0.39 is 0 Å². The standard InChI is InChI=1S/C17H18N/c1-11-5-7-14-13(3)15-8-6-12(2)10-17(15)18(4)16(14)9-11/h5-10H,1-4H3/q+1. The number of hydrogen-bond acceptors (Lipinski definition) is 0. The van der Waals surface area contributed by atoms with Gasteiger partial charge in [-0.25, -0.2) is 0 Å². The Labute approximate surface area is 108 Å². The molecular formula is C17H18N+. The summed E-state index contributed by atoms with van der Waals surface area (Å²) in [4.78, 5) is 0. The van der Waals surface area contributed by atoms with E-state index >= 15 is 0 Å². The van der Waals surface area contributed by atoms with Gasteiger partial charge in [0.1, 0.15) is 7.05 Å². The largest absolute Gasteiger partial charge is 0.213 e. The highest BCUT2D eigenvalue weighted by Crippen LogP contribution is 2.24. The van der Waals surface area contributed by atoms with Crippen LogP contribution in [0.15, 0.2) is 36.4 Å². The Morgan fingerprint density at radius 1 is 0.722 bits per heavy atom. The number of aryl methyl sites for hydroxylation is 4. The van der Waals surface area contributed by atoms with Gasteiger partial charge in [-0.05, 0) is 49.6 Å². The van der Waals surface area contributed by atoms with Crippen molar-refractivity contribution < 1.29 is 4.57 Å². The highest BCUT2D eigenvalue weighted by Gasteiger charge is 2.15. The molecule has 0 amide bonds. The number of aromatic nitrogens is 1. The number of nitrogens with zero attached hydrogens (tertiary/aromatic N) is 1. The first kappa shape index (κ1) is 11.2. The van der Waals surface area contributed by atoms with Gasteiger partial charge < -0.3 is 0 Å². The van der Waals surface area contributed by atoms with E-state index in [0.717, 1.165) is 0 Å². The average Bonchev–Trinajstić information content (AvgIpc) is 2.35. The molecule has 0 saturated carbocycles. The predicted octanol–water partition coefficient (Wildman–Crippen LogP) is 3.74. The van der Waals surface area contributed by atoms with E-state index in [1.165, 1.54) is 38.5 Å². The molecule has 0 aliphatic heterocycles. The third-order valence-corrected chi connectivity index (χ3v) is 3.84. The van der Waals surface area contributed by atoms with Crippen molar-refractivity contribution in [1.29, 1.82) is 0 Å². The Morgan fingerprint density at radius 3 is 1.61 bits per heavy atom. The number of rotatable bonds is 0. The van der Waals surface area contributed by atoms with Gasteiger partial charge in [-0.1, -0.05) is 12.1 Å². The van der Waals surface area contributed by atoms with Crippen LogP contribution in [0.3, 0.4) is 0 Å². The molecule has 90 valence electrons. The summed E-state index contributed by atoms with van der Waals surface area (Å²) in [5.41, 5.74) is 6.61. The van der Waals surface area contributed by atoms with Crippen molar-refractivity contribution in [1.82, 2.24) is 0 Å². The molecule has 0 unspecified atom stereocenters. The fraction of sp³-hybridized carbons (Fsp3) is 0.235. The van der Waals surface area contributed by atoms with Crippen molar-refractivity contribution in [3.63, 3.8) is 0 Å². The van der Waals surface area contributed by atoms with Crippen LogP contribution in [0.2, 0.25) is 0 Å². The van der Waals surface area contributed by atoms with Crippen molar-refractivity contribution in [2.24, 2.45) is 7.05 Å². The molecule has 0 aliphatic rings. The lowest BCUT2D eigenvalue weighted by Crippen LogP contribution is -2.30. The van der Waals surface area contributed by atoms with Gasteiger partial charge in [0, 0.05) is 22.9 Å². The van der Waals surface area contributed by atoms with Gasteiger partial charge in [0.05, 0.1) is 0 Å². The second-order valence-corrected chi connectivity index (χ2v) is 5.23. The van der Waals surface area contributed by atoms with Crippen molar-refractivity contribution in [3.8, 4) is 0 Å². The maximum Gasteiger partial charge on any atom is 0.213 e. The second-order valence-electron chi connectivity index (χ2n) is 5.23. The molecular weight excluding hydrogens is 218 g/mol. The van der Waals surface area contributed by atoms with Gasteiger partial charge in [0.15, 0.2) is 0 Å². The minimum absolute atomic E-state index is 1.31. The van der Waals surface area contributed by atoms with Crippen LogP contribution < -0.4 is 4.57 Å². The van der Waals surface area contributed by atoms with Crippen LogP contribution in [-0.2, 0) is 7.05 Å². The van der Waals surface area contributed by atoms with Crippen LogP contribution in [0.5, 0.6) is 0 Å². The smallest absolute Gasteiger partial charge is 0.194 e. The Morgan fingerprint density at radius 2 is 1.17 bits per heavy atom. The molecule has 0 spiro atoms. The maximum atomic E-state index is 2.30. The van der Waals surface area contributed by atoms with Crippen LogP contribution in [0.25, 0.3) is 21.8 Å². The number of hydrogen-bond donors (Lipinski definition) is 0. The Hall–Kier alpha value is -1.89. The first-order valence-corrected chi connectivity index (χ1v) is 6.37. The SMILES string of the molecule is Cc1ccc2c(C)c3ccc(C)cc3[n+](C)c2c1. The normalized spacial score (nSPS) is 11.3. The molecule has 0 N–H and O–H groups in total. The van der Waals surface area contributed by atoms with Crippen LogP contribution in [0, 0.1) is 20.8 Å². The van der Waals surface area contributed by atoms with E-state index in [-0.39, 0.29) is 0 Å². The maximum absolute atomic E-state index is 2.30. The summed E-state index contributed by atoms with van der Waals surface area (Å²) in [5.74, 6) is 0. The van der Waals surface area contributed by atoms with Crippen LogP contribution in [0.1, 0.15) is 16.7 Å². The molecule has 0 bridgehead atoms. The Balaban J connectivity index is 2.61. The van der Waals surface area contributed by atoms with Gasteiger partial charge in [0.25, 0.3) is 0 Å². The number of fused-ring (bicyclic) bond motifs is 2. The summed E-state index contributed by atoms with van der Waals surface area (Å²) in [5, 5.41) is 2.69. The van der Waals surface area contributed by atoms with E-state index in [1.54, 1.807) is 0 Å². The first-order valence-electron chi connectivity index (χ1n) is 6.37. The van der Waals surface area contributed by atoms with Gasteiger partial charge in [-0.3, -0.25) is 0 Å². The number of benzene rings is 2. The molecule has 0 radical (unpaired) electrons. The lowest BCUT2D eigenvalue weighted by Gasteiger charge is -2.07. The van der Waals surface area contributed by atoms with Crippen molar-refractivity contribution in [2.45, 2.75) is 20.8 Å². The molecule has 18 heavy (non-hydrogen) atoms. The molecule has 1 heteroatoms. The van der Waals surface area contributed by atoms with E-state index in [0.29, 0.717) is 0 Å². The molecule has 1 heterocycles. The fourth-order valence-corrected chi connectivity index (χ4v) is 2.75. The molecule has 2 aromatic carbocycles. The minimum atomic E-state index is 1.31. The van der Waals surface area contributed by atoms with E-state index in [2.05, 4.69) is 68.8 Å².